The maximum atomic E-state index is 6.18. The molecule has 4 aromatic rings. The summed E-state index contributed by atoms with van der Waals surface area (Å²) in [5, 5.41) is 2.99. The van der Waals surface area contributed by atoms with Gasteiger partial charge in [0.05, 0.1) is 11.0 Å². The monoisotopic (exact) mass is 364 g/mol. The van der Waals surface area contributed by atoms with E-state index in [1.165, 1.54) is 5.39 Å². The Kier molecular flexibility index (Phi) is 4.56. The Labute approximate surface area is 158 Å². The van der Waals surface area contributed by atoms with Gasteiger partial charge in [0.25, 0.3) is 0 Å². The summed E-state index contributed by atoms with van der Waals surface area (Å²) >= 11 is 6.15. The van der Waals surface area contributed by atoms with Crippen LogP contribution < -0.4 is 4.74 Å². The topological polar surface area (TPSA) is 27.1 Å². The molecule has 0 saturated heterocycles. The average molecular weight is 365 g/mol. The largest absolute Gasteiger partial charge is 0.485 e. The number of hydrogen-bond donors (Lipinski definition) is 0. The summed E-state index contributed by atoms with van der Waals surface area (Å²) in [6.45, 7) is 4.81. The van der Waals surface area contributed by atoms with Crippen molar-refractivity contribution < 1.29 is 4.74 Å². The molecule has 0 aliphatic heterocycles. The lowest BCUT2D eigenvalue weighted by Gasteiger charge is -2.16. The van der Waals surface area contributed by atoms with Gasteiger partial charge >= 0.3 is 0 Å². The first-order valence-corrected chi connectivity index (χ1v) is 9.32. The molecule has 132 valence electrons. The highest BCUT2D eigenvalue weighted by molar-refractivity contribution is 6.31. The van der Waals surface area contributed by atoms with Crippen LogP contribution in [-0.2, 0) is 6.61 Å². The zero-order valence-electron chi connectivity index (χ0n) is 14.9. The standard InChI is InChI=1S/C22H21ClN2O/c1-3-15(2)25-20-12-11-17(23)13-19(20)24-22(25)14-26-21-10-6-8-16-7-4-5-9-18(16)21/h4-13,15H,3,14H2,1-2H3. The number of hydrogen-bond acceptors (Lipinski definition) is 2. The van der Waals surface area contributed by atoms with Gasteiger partial charge in [-0.3, -0.25) is 0 Å². The number of imidazole rings is 1. The zero-order chi connectivity index (χ0) is 18.1. The maximum Gasteiger partial charge on any atom is 0.148 e. The van der Waals surface area contributed by atoms with Crippen LogP contribution in [0.1, 0.15) is 32.1 Å². The molecule has 3 nitrogen and oxygen atoms in total. The van der Waals surface area contributed by atoms with E-state index in [1.54, 1.807) is 0 Å². The summed E-state index contributed by atoms with van der Waals surface area (Å²) in [6, 6.07) is 20.6. The minimum atomic E-state index is 0.340. The molecule has 0 saturated carbocycles. The molecule has 26 heavy (non-hydrogen) atoms. The van der Waals surface area contributed by atoms with Gasteiger partial charge in [-0.2, -0.15) is 0 Å². The summed E-state index contributed by atoms with van der Waals surface area (Å²) in [4.78, 5) is 4.79. The summed E-state index contributed by atoms with van der Waals surface area (Å²) in [5.41, 5.74) is 2.01. The Morgan fingerprint density at radius 3 is 2.73 bits per heavy atom. The van der Waals surface area contributed by atoms with Crippen LogP contribution in [0.2, 0.25) is 5.02 Å². The maximum absolute atomic E-state index is 6.18. The van der Waals surface area contributed by atoms with Gasteiger partial charge in [-0.25, -0.2) is 4.98 Å². The molecule has 0 radical (unpaired) electrons. The van der Waals surface area contributed by atoms with E-state index in [2.05, 4.69) is 36.6 Å². The highest BCUT2D eigenvalue weighted by atomic mass is 35.5. The minimum absolute atomic E-state index is 0.340. The number of fused-ring (bicyclic) bond motifs is 2. The first kappa shape index (κ1) is 16.9. The van der Waals surface area contributed by atoms with Crippen molar-refractivity contribution in [3.05, 3.63) is 71.5 Å². The second-order valence-electron chi connectivity index (χ2n) is 6.55. The predicted molar refractivity (Wildman–Crippen MR) is 108 cm³/mol. The van der Waals surface area contributed by atoms with E-state index in [0.29, 0.717) is 17.7 Å². The van der Waals surface area contributed by atoms with Crippen LogP contribution in [0.5, 0.6) is 5.75 Å². The third-order valence-corrected chi connectivity index (χ3v) is 5.10. The summed E-state index contributed by atoms with van der Waals surface area (Å²) in [5.74, 6) is 1.80. The Morgan fingerprint density at radius 1 is 1.08 bits per heavy atom. The van der Waals surface area contributed by atoms with Gasteiger partial charge in [0.15, 0.2) is 0 Å². The second-order valence-corrected chi connectivity index (χ2v) is 6.99. The number of benzene rings is 3. The third kappa shape index (κ3) is 3.04. The second kappa shape index (κ2) is 7.00. The van der Waals surface area contributed by atoms with Crippen molar-refractivity contribution in [1.29, 1.82) is 0 Å². The molecule has 4 rings (SSSR count). The van der Waals surface area contributed by atoms with Crippen LogP contribution in [0.25, 0.3) is 21.8 Å². The third-order valence-electron chi connectivity index (χ3n) is 4.86. The Hall–Kier alpha value is -2.52. The van der Waals surface area contributed by atoms with Crippen molar-refractivity contribution in [3.63, 3.8) is 0 Å². The van der Waals surface area contributed by atoms with Gasteiger partial charge in [0, 0.05) is 16.5 Å². The lowest BCUT2D eigenvalue weighted by atomic mass is 10.1. The fourth-order valence-corrected chi connectivity index (χ4v) is 3.53. The molecule has 0 amide bonds. The van der Waals surface area contributed by atoms with Gasteiger partial charge in [-0.05, 0) is 43.0 Å². The van der Waals surface area contributed by atoms with Gasteiger partial charge < -0.3 is 9.30 Å². The van der Waals surface area contributed by atoms with Crippen LogP contribution in [0, 0.1) is 0 Å². The van der Waals surface area contributed by atoms with E-state index in [4.69, 9.17) is 21.3 Å². The molecule has 0 aliphatic carbocycles. The van der Waals surface area contributed by atoms with E-state index in [-0.39, 0.29) is 0 Å². The Morgan fingerprint density at radius 2 is 1.88 bits per heavy atom. The Balaban J connectivity index is 1.72. The fraction of sp³-hybridized carbons (Fsp3) is 0.227. The molecule has 4 heteroatoms. The number of nitrogens with zero attached hydrogens (tertiary/aromatic N) is 2. The number of rotatable bonds is 5. The predicted octanol–water partition coefficient (Wildman–Crippen LogP) is 6.39. The summed E-state index contributed by atoms with van der Waals surface area (Å²) in [7, 11) is 0. The number of halogens is 1. The van der Waals surface area contributed by atoms with E-state index in [9.17, 15) is 0 Å². The van der Waals surface area contributed by atoms with Gasteiger partial charge in [0.2, 0.25) is 0 Å². The molecule has 0 bridgehead atoms. The first-order valence-electron chi connectivity index (χ1n) is 8.94. The average Bonchev–Trinajstić information content (AvgIpc) is 3.03. The molecule has 1 atom stereocenters. The molecule has 1 unspecified atom stereocenters. The van der Waals surface area contributed by atoms with Gasteiger partial charge in [-0.15, -0.1) is 0 Å². The molecule has 3 aromatic carbocycles. The Bertz CT molecular complexity index is 1070. The lowest BCUT2D eigenvalue weighted by Crippen LogP contribution is -2.11. The zero-order valence-corrected chi connectivity index (χ0v) is 15.7. The minimum Gasteiger partial charge on any atom is -0.485 e. The van der Waals surface area contributed by atoms with Crippen molar-refractivity contribution in [1.82, 2.24) is 9.55 Å². The number of aromatic nitrogens is 2. The highest BCUT2D eigenvalue weighted by Gasteiger charge is 2.16. The van der Waals surface area contributed by atoms with Crippen molar-refractivity contribution in [3.8, 4) is 5.75 Å². The molecular formula is C22H21ClN2O. The summed E-state index contributed by atoms with van der Waals surface area (Å²) < 4.78 is 8.44. The van der Waals surface area contributed by atoms with E-state index in [1.807, 2.05) is 42.5 Å². The van der Waals surface area contributed by atoms with E-state index in [0.717, 1.165) is 34.4 Å². The molecule has 1 heterocycles. The van der Waals surface area contributed by atoms with Crippen LogP contribution >= 0.6 is 11.6 Å². The fourth-order valence-electron chi connectivity index (χ4n) is 3.36. The van der Waals surface area contributed by atoms with Crippen molar-refractivity contribution in [2.45, 2.75) is 32.9 Å². The van der Waals surface area contributed by atoms with Crippen LogP contribution in [0.15, 0.2) is 60.7 Å². The van der Waals surface area contributed by atoms with Gasteiger partial charge in [-0.1, -0.05) is 54.9 Å². The van der Waals surface area contributed by atoms with Crippen LogP contribution in [0.4, 0.5) is 0 Å². The van der Waals surface area contributed by atoms with Gasteiger partial charge in [0.1, 0.15) is 18.2 Å². The van der Waals surface area contributed by atoms with Crippen molar-refractivity contribution in [2.24, 2.45) is 0 Å². The quantitative estimate of drug-likeness (QED) is 0.410. The van der Waals surface area contributed by atoms with E-state index >= 15 is 0 Å². The lowest BCUT2D eigenvalue weighted by molar-refractivity contribution is 0.289. The SMILES string of the molecule is CCC(C)n1c(COc2cccc3ccccc23)nc2cc(Cl)ccc21. The summed E-state index contributed by atoms with van der Waals surface area (Å²) in [6.07, 6.45) is 1.02. The molecular weight excluding hydrogens is 344 g/mol. The highest BCUT2D eigenvalue weighted by Crippen LogP contribution is 2.29. The molecule has 0 N–H and O–H groups in total. The van der Waals surface area contributed by atoms with Crippen molar-refractivity contribution >= 4 is 33.4 Å². The van der Waals surface area contributed by atoms with Crippen molar-refractivity contribution in [2.75, 3.05) is 0 Å². The molecule has 0 fully saturated rings. The molecule has 0 spiro atoms. The first-order chi connectivity index (χ1) is 12.7. The van der Waals surface area contributed by atoms with Crippen LogP contribution in [-0.4, -0.2) is 9.55 Å². The number of ether oxygens (including phenoxy) is 1. The van der Waals surface area contributed by atoms with E-state index < -0.39 is 0 Å². The smallest absolute Gasteiger partial charge is 0.148 e. The van der Waals surface area contributed by atoms with Crippen LogP contribution in [0.3, 0.4) is 0 Å². The molecule has 1 aromatic heterocycles. The normalized spacial score (nSPS) is 12.6. The molecule has 0 aliphatic rings.